The molecule has 6 heteroatoms. The van der Waals surface area contributed by atoms with Crippen molar-refractivity contribution in [1.29, 1.82) is 0 Å². The van der Waals surface area contributed by atoms with Gasteiger partial charge in [-0.25, -0.2) is 4.79 Å². The zero-order chi connectivity index (χ0) is 16.8. The van der Waals surface area contributed by atoms with Gasteiger partial charge in [-0.1, -0.05) is 0 Å². The molecule has 126 valence electrons. The van der Waals surface area contributed by atoms with E-state index in [0.29, 0.717) is 18.8 Å². The molecule has 0 radical (unpaired) electrons. The largest absolute Gasteiger partial charge is 0.497 e. The predicted octanol–water partition coefficient (Wildman–Crippen LogP) is 2.03. The minimum Gasteiger partial charge on any atom is -0.497 e. The van der Waals surface area contributed by atoms with Gasteiger partial charge in [-0.2, -0.15) is 0 Å². The normalized spacial score (nSPS) is 19.3. The van der Waals surface area contributed by atoms with Crippen LogP contribution in [0.2, 0.25) is 0 Å². The number of ether oxygens (including phenoxy) is 3. The molecule has 1 saturated heterocycles. The minimum atomic E-state index is -0.765. The van der Waals surface area contributed by atoms with Gasteiger partial charge < -0.3 is 19.5 Å². The highest BCUT2D eigenvalue weighted by atomic mass is 16.5. The summed E-state index contributed by atoms with van der Waals surface area (Å²) in [5, 5.41) is 3.10. The van der Waals surface area contributed by atoms with E-state index in [1.165, 1.54) is 0 Å². The number of nitrogens with one attached hydrogen (secondary N) is 1. The Balaban J connectivity index is 2.17. The first kappa shape index (κ1) is 17.3. The maximum absolute atomic E-state index is 12.4. The summed E-state index contributed by atoms with van der Waals surface area (Å²) in [7, 11) is 1.59. The number of carbonyl (C=O) groups is 2. The zero-order valence-electron chi connectivity index (χ0n) is 13.7. The molecule has 0 bridgehead atoms. The molecule has 2 rings (SSSR count). The van der Waals surface area contributed by atoms with E-state index < -0.39 is 17.9 Å². The number of methoxy groups -OCH3 is 1. The monoisotopic (exact) mass is 321 g/mol. The molecule has 1 N–H and O–H groups in total. The van der Waals surface area contributed by atoms with Crippen molar-refractivity contribution in [2.75, 3.05) is 25.6 Å². The van der Waals surface area contributed by atoms with Crippen LogP contribution in [0.4, 0.5) is 5.69 Å². The van der Waals surface area contributed by atoms with E-state index >= 15 is 0 Å². The topological polar surface area (TPSA) is 73.9 Å². The lowest BCUT2D eigenvalue weighted by atomic mass is 9.92. The van der Waals surface area contributed by atoms with Gasteiger partial charge in [0.1, 0.15) is 17.6 Å². The Morgan fingerprint density at radius 2 is 2.00 bits per heavy atom. The smallest absolute Gasteiger partial charge is 0.329 e. The molecule has 1 aromatic rings. The van der Waals surface area contributed by atoms with E-state index in [4.69, 9.17) is 14.2 Å². The molecule has 0 amide bonds. The SMILES string of the molecule is COc1ccc(N[C@@H](C(=O)OC(C)C)[C@H]2COCCC2=O)cc1. The van der Waals surface area contributed by atoms with Crippen LogP contribution in [0.1, 0.15) is 20.3 Å². The number of Topliss-reactive ketones (excluding diaryl/α,β-unsaturated/α-hetero) is 1. The van der Waals surface area contributed by atoms with Crippen molar-refractivity contribution in [2.24, 2.45) is 5.92 Å². The molecule has 2 atom stereocenters. The second-order valence-electron chi connectivity index (χ2n) is 5.73. The van der Waals surface area contributed by atoms with Crippen LogP contribution in [-0.2, 0) is 19.1 Å². The van der Waals surface area contributed by atoms with E-state index in [0.717, 1.165) is 5.69 Å². The average molecular weight is 321 g/mol. The van der Waals surface area contributed by atoms with Gasteiger partial charge in [0.2, 0.25) is 0 Å². The minimum absolute atomic E-state index is 0.0166. The van der Waals surface area contributed by atoms with Gasteiger partial charge in [0.15, 0.2) is 0 Å². The summed E-state index contributed by atoms with van der Waals surface area (Å²) in [5.74, 6) is -0.256. The zero-order valence-corrected chi connectivity index (χ0v) is 13.7. The molecule has 0 aromatic heterocycles. The van der Waals surface area contributed by atoms with Gasteiger partial charge >= 0.3 is 5.97 Å². The Morgan fingerprint density at radius 1 is 1.30 bits per heavy atom. The number of benzene rings is 1. The first-order valence-corrected chi connectivity index (χ1v) is 7.73. The van der Waals surface area contributed by atoms with Crippen LogP contribution in [0.3, 0.4) is 0 Å². The Kier molecular flexibility index (Phi) is 5.98. The molecule has 1 aliphatic heterocycles. The number of anilines is 1. The number of ketones is 1. The fraction of sp³-hybridized carbons (Fsp3) is 0.529. The van der Waals surface area contributed by atoms with Crippen LogP contribution in [0.25, 0.3) is 0 Å². The van der Waals surface area contributed by atoms with Gasteiger partial charge in [0, 0.05) is 12.1 Å². The third kappa shape index (κ3) is 4.69. The fourth-order valence-corrected chi connectivity index (χ4v) is 2.44. The van der Waals surface area contributed by atoms with Gasteiger partial charge in [-0.15, -0.1) is 0 Å². The molecular formula is C17H23NO5. The Labute approximate surface area is 136 Å². The van der Waals surface area contributed by atoms with E-state index in [2.05, 4.69) is 5.32 Å². The van der Waals surface area contributed by atoms with Crippen molar-refractivity contribution in [3.63, 3.8) is 0 Å². The molecule has 0 unspecified atom stereocenters. The molecule has 0 saturated carbocycles. The lowest BCUT2D eigenvalue weighted by Crippen LogP contribution is -2.47. The van der Waals surface area contributed by atoms with Crippen LogP contribution in [0.15, 0.2) is 24.3 Å². The molecule has 0 aliphatic carbocycles. The average Bonchev–Trinajstić information content (AvgIpc) is 2.53. The predicted molar refractivity (Wildman–Crippen MR) is 85.6 cm³/mol. The van der Waals surface area contributed by atoms with Crippen LogP contribution in [0, 0.1) is 5.92 Å². The van der Waals surface area contributed by atoms with Crippen LogP contribution in [-0.4, -0.2) is 44.2 Å². The number of hydrogen-bond acceptors (Lipinski definition) is 6. The van der Waals surface area contributed by atoms with Crippen molar-refractivity contribution >= 4 is 17.4 Å². The number of hydrogen-bond donors (Lipinski definition) is 1. The molecular weight excluding hydrogens is 298 g/mol. The van der Waals surface area contributed by atoms with Crippen molar-refractivity contribution < 1.29 is 23.8 Å². The van der Waals surface area contributed by atoms with Crippen molar-refractivity contribution in [1.82, 2.24) is 0 Å². The second kappa shape index (κ2) is 7.97. The highest BCUT2D eigenvalue weighted by Crippen LogP contribution is 2.22. The molecule has 1 aromatic carbocycles. The van der Waals surface area contributed by atoms with Gasteiger partial charge in [0.05, 0.1) is 32.3 Å². The molecule has 6 nitrogen and oxygen atoms in total. The summed E-state index contributed by atoms with van der Waals surface area (Å²) < 4.78 is 15.8. The highest BCUT2D eigenvalue weighted by Gasteiger charge is 2.37. The van der Waals surface area contributed by atoms with Crippen molar-refractivity contribution in [3.05, 3.63) is 24.3 Å². The molecule has 23 heavy (non-hydrogen) atoms. The Hall–Kier alpha value is -2.08. The quantitative estimate of drug-likeness (QED) is 0.808. The van der Waals surface area contributed by atoms with Gasteiger partial charge in [-0.3, -0.25) is 4.79 Å². The van der Waals surface area contributed by atoms with Crippen LogP contribution < -0.4 is 10.1 Å². The molecule has 1 aliphatic rings. The van der Waals surface area contributed by atoms with E-state index in [1.54, 1.807) is 45.2 Å². The number of rotatable bonds is 6. The maximum Gasteiger partial charge on any atom is 0.329 e. The summed E-state index contributed by atoms with van der Waals surface area (Å²) in [6, 6.07) is 6.39. The highest BCUT2D eigenvalue weighted by molar-refractivity contribution is 5.91. The summed E-state index contributed by atoms with van der Waals surface area (Å²) in [6.07, 6.45) is 0.0720. The lowest BCUT2D eigenvalue weighted by molar-refractivity contribution is -0.153. The Bertz CT molecular complexity index is 540. The van der Waals surface area contributed by atoms with Gasteiger partial charge in [-0.05, 0) is 38.1 Å². The third-order valence-electron chi connectivity index (χ3n) is 3.62. The number of carbonyl (C=O) groups excluding carboxylic acids is 2. The summed E-state index contributed by atoms with van der Waals surface area (Å²) in [4.78, 5) is 24.6. The number of esters is 1. The van der Waals surface area contributed by atoms with Crippen LogP contribution in [0.5, 0.6) is 5.75 Å². The van der Waals surface area contributed by atoms with Gasteiger partial charge in [0.25, 0.3) is 0 Å². The summed E-state index contributed by atoms with van der Waals surface area (Å²) in [6.45, 7) is 4.19. The van der Waals surface area contributed by atoms with E-state index in [-0.39, 0.29) is 18.5 Å². The standard InChI is InChI=1S/C17H23NO5/c1-11(2)23-17(20)16(14-10-22-9-8-15(14)19)18-12-4-6-13(21-3)7-5-12/h4-7,11,14,16,18H,8-10H2,1-3H3/t14-,16+/m0/s1. The third-order valence-corrected chi connectivity index (χ3v) is 3.62. The molecule has 1 fully saturated rings. The fourth-order valence-electron chi connectivity index (χ4n) is 2.44. The first-order chi connectivity index (χ1) is 11.0. The van der Waals surface area contributed by atoms with Crippen molar-refractivity contribution in [2.45, 2.75) is 32.4 Å². The molecule has 1 heterocycles. The molecule has 0 spiro atoms. The van der Waals surface area contributed by atoms with E-state index in [1.807, 2.05) is 0 Å². The first-order valence-electron chi connectivity index (χ1n) is 7.73. The summed E-state index contributed by atoms with van der Waals surface area (Å²) in [5.41, 5.74) is 0.717. The maximum atomic E-state index is 12.4. The Morgan fingerprint density at radius 3 is 2.57 bits per heavy atom. The summed E-state index contributed by atoms with van der Waals surface area (Å²) >= 11 is 0. The lowest BCUT2D eigenvalue weighted by Gasteiger charge is -2.29. The second-order valence-corrected chi connectivity index (χ2v) is 5.73. The van der Waals surface area contributed by atoms with Crippen LogP contribution >= 0.6 is 0 Å². The van der Waals surface area contributed by atoms with E-state index in [9.17, 15) is 9.59 Å². The van der Waals surface area contributed by atoms with Crippen molar-refractivity contribution in [3.8, 4) is 5.75 Å².